The lowest BCUT2D eigenvalue weighted by atomic mass is 10.1. The maximum atomic E-state index is 12.2. The van der Waals surface area contributed by atoms with Gasteiger partial charge in [-0.05, 0) is 17.2 Å². The summed E-state index contributed by atoms with van der Waals surface area (Å²) in [7, 11) is 0. The first-order valence-electron chi connectivity index (χ1n) is 3.43. The van der Waals surface area contributed by atoms with E-state index in [2.05, 4.69) is 20.8 Å². The largest absolute Gasteiger partial charge is 0.300 e. The Morgan fingerprint density at radius 2 is 2.25 bits per heavy atom. The molecule has 1 aromatic carbocycles. The lowest BCUT2D eigenvalue weighted by molar-refractivity contribution is 0.124. The van der Waals surface area contributed by atoms with E-state index in [-0.39, 0.29) is 0 Å². The van der Waals surface area contributed by atoms with Crippen molar-refractivity contribution in [3.8, 4) is 0 Å². The molecule has 0 amide bonds. The minimum absolute atomic E-state index is 0.338. The van der Waals surface area contributed by atoms with Crippen molar-refractivity contribution in [3.63, 3.8) is 0 Å². The predicted octanol–water partition coefficient (Wildman–Crippen LogP) is 2.31. The molecule has 0 spiro atoms. The van der Waals surface area contributed by atoms with Crippen LogP contribution < -0.4 is 5.90 Å². The van der Waals surface area contributed by atoms with Gasteiger partial charge in [-0.25, -0.2) is 10.3 Å². The molecule has 66 valence electrons. The highest BCUT2D eigenvalue weighted by Crippen LogP contribution is 2.19. The minimum Gasteiger partial charge on any atom is -0.300 e. The molecule has 2 nitrogen and oxygen atoms in total. The van der Waals surface area contributed by atoms with Gasteiger partial charge in [0.05, 0.1) is 6.61 Å². The molecule has 0 bridgehead atoms. The second-order valence-electron chi connectivity index (χ2n) is 2.37. The van der Waals surface area contributed by atoms with Gasteiger partial charge in [-0.1, -0.05) is 28.1 Å². The Morgan fingerprint density at radius 3 is 2.75 bits per heavy atom. The molecule has 2 N–H and O–H groups in total. The molecule has 0 saturated heterocycles. The Kier molecular flexibility index (Phi) is 3.65. The van der Waals surface area contributed by atoms with Crippen LogP contribution in [-0.2, 0) is 18.1 Å². The van der Waals surface area contributed by atoms with Crippen LogP contribution in [-0.4, -0.2) is 0 Å². The summed E-state index contributed by atoms with van der Waals surface area (Å²) in [6.07, 6.45) is 0. The van der Waals surface area contributed by atoms with Crippen molar-refractivity contribution in [1.82, 2.24) is 0 Å². The van der Waals surface area contributed by atoms with Crippen LogP contribution >= 0.6 is 15.9 Å². The molecule has 0 aromatic heterocycles. The number of hydrogen-bond acceptors (Lipinski definition) is 2. The highest BCUT2D eigenvalue weighted by Gasteiger charge is 2.00. The maximum Gasteiger partial charge on any atom is 0.116 e. The van der Waals surface area contributed by atoms with Crippen molar-refractivity contribution in [1.29, 1.82) is 0 Å². The van der Waals surface area contributed by atoms with Gasteiger partial charge in [0.2, 0.25) is 0 Å². The highest BCUT2D eigenvalue weighted by atomic mass is 79.9. The number of rotatable bonds is 3. The molecule has 0 atom stereocenters. The van der Waals surface area contributed by atoms with Crippen LogP contribution in [0.15, 0.2) is 22.7 Å². The highest BCUT2D eigenvalue weighted by molar-refractivity contribution is 9.10. The number of halogens is 2. The Morgan fingerprint density at radius 1 is 1.50 bits per heavy atom. The van der Waals surface area contributed by atoms with E-state index in [0.29, 0.717) is 12.2 Å². The van der Waals surface area contributed by atoms with Crippen molar-refractivity contribution in [2.24, 2.45) is 5.90 Å². The molecule has 0 aliphatic rings. The van der Waals surface area contributed by atoms with Crippen LogP contribution in [0.25, 0.3) is 0 Å². The van der Waals surface area contributed by atoms with Gasteiger partial charge in [-0.3, -0.25) is 4.84 Å². The average molecular weight is 234 g/mol. The number of hydrogen-bond donors (Lipinski definition) is 1. The minimum atomic E-state index is -0.468. The van der Waals surface area contributed by atoms with Crippen molar-refractivity contribution in [2.45, 2.75) is 13.3 Å². The lowest BCUT2D eigenvalue weighted by Gasteiger charge is -2.02. The Balaban J connectivity index is 2.86. The molecule has 1 aromatic rings. The van der Waals surface area contributed by atoms with E-state index in [4.69, 9.17) is 5.90 Å². The van der Waals surface area contributed by atoms with Crippen molar-refractivity contribution in [2.75, 3.05) is 0 Å². The van der Waals surface area contributed by atoms with Crippen molar-refractivity contribution >= 4 is 15.9 Å². The molecule has 1 rings (SSSR count). The second kappa shape index (κ2) is 4.54. The summed E-state index contributed by atoms with van der Waals surface area (Å²) < 4.78 is 13.0. The SMILES string of the molecule is NOCc1ccc(CF)c(Br)c1. The number of nitrogens with two attached hydrogens (primary N) is 1. The van der Waals surface area contributed by atoms with Gasteiger partial charge >= 0.3 is 0 Å². The van der Waals surface area contributed by atoms with E-state index in [1.165, 1.54) is 0 Å². The Hall–Kier alpha value is -0.450. The predicted molar refractivity (Wildman–Crippen MR) is 47.9 cm³/mol. The molecule has 0 heterocycles. The fourth-order valence-electron chi connectivity index (χ4n) is 0.885. The fraction of sp³-hybridized carbons (Fsp3) is 0.250. The van der Waals surface area contributed by atoms with E-state index in [0.717, 1.165) is 10.0 Å². The van der Waals surface area contributed by atoms with Gasteiger partial charge in [0, 0.05) is 4.47 Å². The first-order chi connectivity index (χ1) is 5.77. The number of alkyl halides is 1. The monoisotopic (exact) mass is 233 g/mol. The second-order valence-corrected chi connectivity index (χ2v) is 3.22. The van der Waals surface area contributed by atoms with E-state index in [1.54, 1.807) is 18.2 Å². The van der Waals surface area contributed by atoms with Gasteiger partial charge in [-0.2, -0.15) is 0 Å². The van der Waals surface area contributed by atoms with Crippen LogP contribution in [0, 0.1) is 0 Å². The van der Waals surface area contributed by atoms with Gasteiger partial charge in [0.15, 0.2) is 0 Å². The first kappa shape index (κ1) is 9.64. The van der Waals surface area contributed by atoms with Crippen molar-refractivity contribution in [3.05, 3.63) is 33.8 Å². The van der Waals surface area contributed by atoms with Crippen LogP contribution in [0.2, 0.25) is 0 Å². The van der Waals surface area contributed by atoms with Gasteiger partial charge in [-0.15, -0.1) is 0 Å². The summed E-state index contributed by atoms with van der Waals surface area (Å²) in [4.78, 5) is 4.44. The molecule has 0 radical (unpaired) electrons. The third-order valence-corrected chi connectivity index (χ3v) is 2.25. The summed E-state index contributed by atoms with van der Waals surface area (Å²) in [5.74, 6) is 4.89. The lowest BCUT2D eigenvalue weighted by Crippen LogP contribution is -1.99. The van der Waals surface area contributed by atoms with Crippen LogP contribution in [0.5, 0.6) is 0 Å². The Labute approximate surface area is 78.6 Å². The Bertz CT molecular complexity index is 267. The van der Waals surface area contributed by atoms with E-state index in [1.807, 2.05) is 0 Å². The molecular formula is C8H9BrFNO. The van der Waals surface area contributed by atoms with Gasteiger partial charge < -0.3 is 0 Å². The van der Waals surface area contributed by atoms with E-state index >= 15 is 0 Å². The van der Waals surface area contributed by atoms with E-state index in [9.17, 15) is 4.39 Å². The molecule has 0 fully saturated rings. The fourth-order valence-corrected chi connectivity index (χ4v) is 1.42. The zero-order chi connectivity index (χ0) is 8.97. The molecule has 0 saturated carbocycles. The standard InChI is InChI=1S/C8H9BrFNO/c9-8-3-6(5-12-11)1-2-7(8)4-10/h1-3H,4-5,11H2. The summed E-state index contributed by atoms with van der Waals surface area (Å²) in [6.45, 7) is -0.129. The molecule has 0 unspecified atom stereocenters. The van der Waals surface area contributed by atoms with Gasteiger partial charge in [0.1, 0.15) is 6.67 Å². The van der Waals surface area contributed by atoms with E-state index < -0.39 is 6.67 Å². The molecular weight excluding hydrogens is 225 g/mol. The zero-order valence-corrected chi connectivity index (χ0v) is 7.97. The molecule has 0 aliphatic carbocycles. The number of benzene rings is 1. The quantitative estimate of drug-likeness (QED) is 0.814. The van der Waals surface area contributed by atoms with Crippen LogP contribution in [0.1, 0.15) is 11.1 Å². The first-order valence-corrected chi connectivity index (χ1v) is 4.22. The third kappa shape index (κ3) is 2.27. The molecule has 0 aliphatic heterocycles. The smallest absolute Gasteiger partial charge is 0.116 e. The van der Waals surface area contributed by atoms with Crippen molar-refractivity contribution < 1.29 is 9.23 Å². The molecule has 4 heteroatoms. The summed E-state index contributed by atoms with van der Waals surface area (Å²) in [6, 6.07) is 5.28. The summed E-state index contributed by atoms with van der Waals surface area (Å²) in [5, 5.41) is 0. The summed E-state index contributed by atoms with van der Waals surface area (Å²) >= 11 is 3.24. The topological polar surface area (TPSA) is 35.2 Å². The van der Waals surface area contributed by atoms with Crippen LogP contribution in [0.3, 0.4) is 0 Å². The third-order valence-electron chi connectivity index (χ3n) is 1.51. The molecule has 12 heavy (non-hydrogen) atoms. The maximum absolute atomic E-state index is 12.2. The summed E-state index contributed by atoms with van der Waals surface area (Å²) in [5.41, 5.74) is 1.55. The zero-order valence-electron chi connectivity index (χ0n) is 6.39. The normalized spacial score (nSPS) is 10.2. The van der Waals surface area contributed by atoms with Gasteiger partial charge in [0.25, 0.3) is 0 Å². The van der Waals surface area contributed by atoms with Crippen LogP contribution in [0.4, 0.5) is 4.39 Å². The average Bonchev–Trinajstić information content (AvgIpc) is 2.05.